The summed E-state index contributed by atoms with van der Waals surface area (Å²) in [7, 11) is -1.14. The van der Waals surface area contributed by atoms with Crippen molar-refractivity contribution >= 4 is 27.6 Å². The molecule has 0 radical (unpaired) electrons. The molecule has 0 aromatic carbocycles. The summed E-state index contributed by atoms with van der Waals surface area (Å²) in [5.74, 6) is 1.26. The Kier molecular flexibility index (Phi) is 7.88. The highest BCUT2D eigenvalue weighted by Crippen LogP contribution is 2.41. The van der Waals surface area contributed by atoms with Crippen LogP contribution >= 0.6 is 11.6 Å². The van der Waals surface area contributed by atoms with Gasteiger partial charge in [-0.2, -0.15) is 0 Å². The Balaban J connectivity index is 1.72. The van der Waals surface area contributed by atoms with Crippen LogP contribution in [0.5, 0.6) is 11.6 Å². The first-order chi connectivity index (χ1) is 17.3. The molecule has 0 saturated heterocycles. The molecule has 15 heteroatoms. The van der Waals surface area contributed by atoms with Crippen molar-refractivity contribution in [2.45, 2.75) is 31.2 Å². The van der Waals surface area contributed by atoms with Crippen LogP contribution in [-0.4, -0.2) is 77.4 Å². The Morgan fingerprint density at radius 3 is 2.67 bits per heavy atom. The second-order valence-corrected chi connectivity index (χ2v) is 10.3. The van der Waals surface area contributed by atoms with Gasteiger partial charge in [-0.3, -0.25) is 9.29 Å². The average Bonchev–Trinajstić information content (AvgIpc) is 3.18. The van der Waals surface area contributed by atoms with Gasteiger partial charge in [0, 0.05) is 32.8 Å². The molecule has 1 aliphatic heterocycles. The molecule has 0 fully saturated rings. The van der Waals surface area contributed by atoms with E-state index in [1.807, 2.05) is 6.92 Å². The second kappa shape index (κ2) is 10.9. The highest BCUT2D eigenvalue weighted by atomic mass is 35.5. The molecule has 0 bridgehead atoms. The summed E-state index contributed by atoms with van der Waals surface area (Å²) >= 11 is 5.86. The van der Waals surface area contributed by atoms with Gasteiger partial charge in [0.15, 0.2) is 17.4 Å². The molecule has 0 unspecified atom stereocenters. The minimum atomic E-state index is -4.06. The van der Waals surface area contributed by atoms with Gasteiger partial charge in [-0.15, -0.1) is 10.2 Å². The van der Waals surface area contributed by atoms with Gasteiger partial charge in [-0.25, -0.2) is 23.4 Å². The topological polar surface area (TPSA) is 152 Å². The fourth-order valence-electron chi connectivity index (χ4n) is 3.80. The van der Waals surface area contributed by atoms with Crippen LogP contribution in [0.3, 0.4) is 0 Å². The van der Waals surface area contributed by atoms with Crippen molar-refractivity contribution in [2.24, 2.45) is 0 Å². The number of fused-ring (bicyclic) bond motifs is 3. The summed E-state index contributed by atoms with van der Waals surface area (Å²) in [6.07, 6.45) is 3.34. The van der Waals surface area contributed by atoms with E-state index in [1.165, 1.54) is 33.5 Å². The lowest BCUT2D eigenvalue weighted by atomic mass is 10.2. The van der Waals surface area contributed by atoms with Gasteiger partial charge in [0.1, 0.15) is 18.0 Å². The van der Waals surface area contributed by atoms with Gasteiger partial charge >= 0.3 is 0 Å². The maximum absolute atomic E-state index is 13.4. The number of nitrogens with one attached hydrogen (secondary N) is 1. The van der Waals surface area contributed by atoms with E-state index in [9.17, 15) is 8.42 Å². The normalized spacial score (nSPS) is 16.8. The van der Waals surface area contributed by atoms with Crippen molar-refractivity contribution in [2.75, 3.05) is 38.8 Å². The summed E-state index contributed by atoms with van der Waals surface area (Å²) in [6.45, 7) is 4.06. The summed E-state index contributed by atoms with van der Waals surface area (Å²) in [6, 6.07) is 1.25. The molecule has 3 aromatic heterocycles. The van der Waals surface area contributed by atoms with Crippen LogP contribution in [0.25, 0.3) is 11.4 Å². The van der Waals surface area contributed by atoms with Crippen molar-refractivity contribution in [1.29, 1.82) is 0 Å². The highest BCUT2D eigenvalue weighted by Gasteiger charge is 2.36. The van der Waals surface area contributed by atoms with E-state index in [-0.39, 0.29) is 25.0 Å². The zero-order valence-electron chi connectivity index (χ0n) is 20.1. The number of halogens is 1. The van der Waals surface area contributed by atoms with E-state index in [1.54, 1.807) is 16.8 Å². The van der Waals surface area contributed by atoms with Gasteiger partial charge in [0.05, 0.1) is 29.8 Å². The SMILES string of the molecule is CCOc1nccc2c1OC[C@H](COC)n1c(NS(=O)(=O)[C@@H](C)[C@H](OC)c3ncc(Cl)cn3)nnc1-2. The van der Waals surface area contributed by atoms with E-state index < -0.39 is 27.4 Å². The Morgan fingerprint density at radius 2 is 2.00 bits per heavy atom. The number of pyridine rings is 1. The lowest BCUT2D eigenvalue weighted by Crippen LogP contribution is -2.34. The molecule has 3 aromatic rings. The zero-order chi connectivity index (χ0) is 25.9. The number of ether oxygens (including phenoxy) is 4. The highest BCUT2D eigenvalue weighted by molar-refractivity contribution is 7.93. The number of methoxy groups -OCH3 is 2. The number of nitrogens with zero attached hydrogens (tertiary/aromatic N) is 6. The van der Waals surface area contributed by atoms with Crippen LogP contribution in [0.1, 0.15) is 31.8 Å². The van der Waals surface area contributed by atoms with Gasteiger partial charge in [0.25, 0.3) is 5.88 Å². The Bertz CT molecular complexity index is 1300. The van der Waals surface area contributed by atoms with Crippen molar-refractivity contribution in [3.05, 3.63) is 35.5 Å². The predicted octanol–water partition coefficient (Wildman–Crippen LogP) is 2.28. The maximum atomic E-state index is 13.4. The molecule has 0 spiro atoms. The third-order valence-electron chi connectivity index (χ3n) is 5.53. The number of hydrogen-bond donors (Lipinski definition) is 1. The monoisotopic (exact) mass is 539 g/mol. The number of aromatic nitrogens is 6. The summed E-state index contributed by atoms with van der Waals surface area (Å²) in [4.78, 5) is 12.4. The van der Waals surface area contributed by atoms with Crippen molar-refractivity contribution in [3.63, 3.8) is 0 Å². The Hall–Kier alpha value is -3.07. The number of anilines is 1. The first kappa shape index (κ1) is 26.0. The fourth-order valence-corrected chi connectivity index (χ4v) is 5.04. The predicted molar refractivity (Wildman–Crippen MR) is 130 cm³/mol. The molecule has 0 saturated carbocycles. The van der Waals surface area contributed by atoms with Crippen LogP contribution < -0.4 is 14.2 Å². The summed E-state index contributed by atoms with van der Waals surface area (Å²) in [5.41, 5.74) is 0.558. The lowest BCUT2D eigenvalue weighted by molar-refractivity contribution is 0.0950. The molecule has 194 valence electrons. The van der Waals surface area contributed by atoms with Crippen LogP contribution in [0.4, 0.5) is 5.95 Å². The third-order valence-corrected chi connectivity index (χ3v) is 7.42. The molecule has 4 heterocycles. The minimum absolute atomic E-state index is 0.00278. The van der Waals surface area contributed by atoms with Crippen molar-refractivity contribution < 1.29 is 27.4 Å². The number of hydrogen-bond acceptors (Lipinski definition) is 11. The van der Waals surface area contributed by atoms with E-state index >= 15 is 0 Å². The zero-order valence-corrected chi connectivity index (χ0v) is 21.7. The molecule has 1 N–H and O–H groups in total. The maximum Gasteiger partial charge on any atom is 0.257 e. The van der Waals surface area contributed by atoms with E-state index in [2.05, 4.69) is 29.9 Å². The standard InChI is InChI=1S/C21H26ClN7O6S/c1-5-34-20-17-15(6-7-23-20)19-26-27-21(29(19)14(10-32-3)11-35-17)28-36(30,31)12(2)16(33-4)18-24-8-13(22)9-25-18/h6-9,12,14,16H,5,10-11H2,1-4H3,(H,27,28)/t12-,14-,16-/m0/s1. The lowest BCUT2D eigenvalue weighted by Gasteiger charge is -2.23. The molecule has 4 rings (SSSR count). The van der Waals surface area contributed by atoms with E-state index in [0.29, 0.717) is 34.6 Å². The largest absolute Gasteiger partial charge is 0.485 e. The number of rotatable bonds is 10. The molecule has 1 aliphatic rings. The molecule has 0 aliphatic carbocycles. The number of sulfonamides is 1. The van der Waals surface area contributed by atoms with Crippen molar-refractivity contribution in [1.82, 2.24) is 29.7 Å². The molecule has 13 nitrogen and oxygen atoms in total. The molecule has 3 atom stereocenters. The molecule has 0 amide bonds. The Morgan fingerprint density at radius 1 is 1.25 bits per heavy atom. The molecular formula is C21H26ClN7O6S. The van der Waals surface area contributed by atoms with Gasteiger partial charge in [-0.05, 0) is 19.9 Å². The first-order valence-electron chi connectivity index (χ1n) is 11.0. The molecular weight excluding hydrogens is 514 g/mol. The quantitative estimate of drug-likeness (QED) is 0.403. The summed E-state index contributed by atoms with van der Waals surface area (Å²) < 4.78 is 53.4. The van der Waals surface area contributed by atoms with Gasteiger partial charge in [0.2, 0.25) is 16.0 Å². The average molecular weight is 540 g/mol. The van der Waals surface area contributed by atoms with Gasteiger partial charge in [-0.1, -0.05) is 11.6 Å². The van der Waals surface area contributed by atoms with Crippen molar-refractivity contribution in [3.8, 4) is 23.0 Å². The second-order valence-electron chi connectivity index (χ2n) is 7.83. The Labute approximate surface area is 213 Å². The van der Waals surface area contributed by atoms with Crippen LogP contribution in [0.15, 0.2) is 24.7 Å². The van der Waals surface area contributed by atoms with Crippen LogP contribution in [-0.2, 0) is 19.5 Å². The molecule has 36 heavy (non-hydrogen) atoms. The fraction of sp³-hybridized carbons (Fsp3) is 0.476. The van der Waals surface area contributed by atoms with E-state index in [4.69, 9.17) is 30.5 Å². The first-order valence-corrected chi connectivity index (χ1v) is 12.9. The van der Waals surface area contributed by atoms with Crippen LogP contribution in [0, 0.1) is 0 Å². The van der Waals surface area contributed by atoms with Gasteiger partial charge < -0.3 is 18.9 Å². The smallest absolute Gasteiger partial charge is 0.257 e. The minimum Gasteiger partial charge on any atom is -0.485 e. The van der Waals surface area contributed by atoms with Crippen LogP contribution in [0.2, 0.25) is 5.02 Å². The van der Waals surface area contributed by atoms with E-state index in [0.717, 1.165) is 0 Å². The third kappa shape index (κ3) is 5.07. The summed E-state index contributed by atoms with van der Waals surface area (Å²) in [5, 5.41) is 7.63.